The second-order valence-electron chi connectivity index (χ2n) is 2.46. The number of carboxylic acid groups (broad SMARTS) is 1. The molecule has 0 aliphatic carbocycles. The smallest absolute Gasteiger partial charge is 0.355 e. The van der Waals surface area contributed by atoms with Gasteiger partial charge in [-0.15, -0.1) is 0 Å². The van der Waals surface area contributed by atoms with Crippen LogP contribution in [-0.4, -0.2) is 16.1 Å². The average molecular weight is 216 g/mol. The van der Waals surface area contributed by atoms with Crippen LogP contribution < -0.4 is 0 Å². The van der Waals surface area contributed by atoms with E-state index < -0.39 is 35.0 Å². The predicted molar refractivity (Wildman–Crippen MR) is 40.8 cm³/mol. The molecule has 0 unspecified atom stereocenters. The van der Waals surface area contributed by atoms with Gasteiger partial charge in [-0.2, -0.15) is 5.26 Å². The van der Waals surface area contributed by atoms with Crippen LogP contribution in [0.3, 0.4) is 0 Å². The van der Waals surface area contributed by atoms with Gasteiger partial charge in [0.25, 0.3) is 6.43 Å². The zero-order chi connectivity index (χ0) is 11.6. The predicted octanol–water partition coefficient (Wildman–Crippen LogP) is 1.73. The van der Waals surface area contributed by atoms with Crippen molar-refractivity contribution in [2.45, 2.75) is 6.43 Å². The summed E-state index contributed by atoms with van der Waals surface area (Å²) in [7, 11) is 0. The molecule has 0 spiro atoms. The van der Waals surface area contributed by atoms with Gasteiger partial charge in [0.05, 0.1) is 11.8 Å². The van der Waals surface area contributed by atoms with Crippen LogP contribution in [0, 0.1) is 17.1 Å². The number of rotatable bonds is 2. The highest BCUT2D eigenvalue weighted by Crippen LogP contribution is 2.26. The van der Waals surface area contributed by atoms with E-state index in [9.17, 15) is 18.0 Å². The molecule has 0 saturated heterocycles. The topological polar surface area (TPSA) is 74.0 Å². The first-order chi connectivity index (χ1) is 6.99. The first kappa shape index (κ1) is 11.0. The van der Waals surface area contributed by atoms with Gasteiger partial charge in [-0.1, -0.05) is 0 Å². The number of aromatic nitrogens is 1. The molecular weight excluding hydrogens is 213 g/mol. The van der Waals surface area contributed by atoms with Crippen LogP contribution in [0.15, 0.2) is 6.20 Å². The van der Waals surface area contributed by atoms with Crippen LogP contribution in [-0.2, 0) is 0 Å². The number of hydrogen-bond acceptors (Lipinski definition) is 3. The Morgan fingerprint density at radius 2 is 2.20 bits per heavy atom. The maximum atomic E-state index is 12.8. The van der Waals surface area contributed by atoms with Crippen molar-refractivity contribution in [1.82, 2.24) is 4.98 Å². The Morgan fingerprint density at radius 3 is 2.60 bits per heavy atom. The lowest BCUT2D eigenvalue weighted by Gasteiger charge is -2.06. The monoisotopic (exact) mass is 216 g/mol. The molecule has 1 rings (SSSR count). The van der Waals surface area contributed by atoms with Gasteiger partial charge in [-0.25, -0.2) is 22.9 Å². The van der Waals surface area contributed by atoms with Crippen LogP contribution in [0.2, 0.25) is 0 Å². The highest BCUT2D eigenvalue weighted by molar-refractivity contribution is 5.88. The van der Waals surface area contributed by atoms with E-state index in [1.165, 1.54) is 6.07 Å². The van der Waals surface area contributed by atoms with Gasteiger partial charge in [0.15, 0.2) is 11.5 Å². The minimum absolute atomic E-state index is 0.424. The van der Waals surface area contributed by atoms with Crippen molar-refractivity contribution in [3.8, 4) is 6.07 Å². The van der Waals surface area contributed by atoms with Crippen molar-refractivity contribution in [2.24, 2.45) is 0 Å². The summed E-state index contributed by atoms with van der Waals surface area (Å²) in [5.74, 6) is -3.00. The van der Waals surface area contributed by atoms with E-state index in [0.717, 1.165) is 0 Å². The third-order valence-corrected chi connectivity index (χ3v) is 1.60. The summed E-state index contributed by atoms with van der Waals surface area (Å²) in [6.45, 7) is 0. The zero-order valence-corrected chi connectivity index (χ0v) is 7.04. The summed E-state index contributed by atoms with van der Waals surface area (Å²) < 4.78 is 37.6. The van der Waals surface area contributed by atoms with Gasteiger partial charge in [0.1, 0.15) is 11.6 Å². The van der Waals surface area contributed by atoms with E-state index in [4.69, 9.17) is 10.4 Å². The molecule has 0 radical (unpaired) electrons. The van der Waals surface area contributed by atoms with Gasteiger partial charge in [-0.3, -0.25) is 0 Å². The Kier molecular flexibility index (Phi) is 2.90. The van der Waals surface area contributed by atoms with Crippen molar-refractivity contribution >= 4 is 5.97 Å². The Bertz CT molecular complexity index is 454. The fraction of sp³-hybridized carbons (Fsp3) is 0.125. The third-order valence-electron chi connectivity index (χ3n) is 1.60. The number of halogens is 3. The fourth-order valence-corrected chi connectivity index (χ4v) is 0.999. The summed E-state index contributed by atoms with van der Waals surface area (Å²) in [6, 6.07) is 1.18. The van der Waals surface area contributed by atoms with E-state index >= 15 is 0 Å². The number of alkyl halides is 2. The maximum absolute atomic E-state index is 12.8. The Morgan fingerprint density at radius 1 is 1.60 bits per heavy atom. The van der Waals surface area contributed by atoms with Crippen LogP contribution in [0.25, 0.3) is 0 Å². The lowest BCUT2D eigenvalue weighted by Crippen LogP contribution is -2.10. The molecule has 0 aliphatic heterocycles. The number of nitriles is 1. The second kappa shape index (κ2) is 3.96. The SMILES string of the molecule is N#Cc1c(F)cnc(C(=O)O)c1C(F)F. The average Bonchev–Trinajstić information content (AvgIpc) is 2.16. The Labute approximate surface area is 81.6 Å². The van der Waals surface area contributed by atoms with E-state index in [1.807, 2.05) is 0 Å². The van der Waals surface area contributed by atoms with Gasteiger partial charge >= 0.3 is 5.97 Å². The first-order valence-corrected chi connectivity index (χ1v) is 3.59. The molecule has 0 amide bonds. The third kappa shape index (κ3) is 1.88. The normalized spacial score (nSPS) is 10.1. The van der Waals surface area contributed by atoms with Gasteiger partial charge in [-0.05, 0) is 0 Å². The highest BCUT2D eigenvalue weighted by atomic mass is 19.3. The lowest BCUT2D eigenvalue weighted by molar-refractivity contribution is 0.0676. The molecule has 15 heavy (non-hydrogen) atoms. The highest BCUT2D eigenvalue weighted by Gasteiger charge is 2.26. The van der Waals surface area contributed by atoms with Crippen molar-refractivity contribution in [1.29, 1.82) is 5.26 Å². The van der Waals surface area contributed by atoms with Crippen molar-refractivity contribution in [3.63, 3.8) is 0 Å². The molecule has 0 saturated carbocycles. The number of carboxylic acids is 1. The Balaban J connectivity index is 3.58. The number of aromatic carboxylic acids is 1. The maximum Gasteiger partial charge on any atom is 0.355 e. The van der Waals surface area contributed by atoms with E-state index in [1.54, 1.807) is 0 Å². The van der Waals surface area contributed by atoms with Crippen LogP contribution in [0.1, 0.15) is 28.0 Å². The zero-order valence-electron chi connectivity index (χ0n) is 7.04. The molecule has 0 fully saturated rings. The minimum Gasteiger partial charge on any atom is -0.476 e. The molecule has 78 valence electrons. The second-order valence-corrected chi connectivity index (χ2v) is 2.46. The summed E-state index contributed by atoms with van der Waals surface area (Å²) in [4.78, 5) is 13.5. The molecule has 0 aliphatic rings. The number of hydrogen-bond donors (Lipinski definition) is 1. The van der Waals surface area contributed by atoms with E-state index in [-0.39, 0.29) is 0 Å². The summed E-state index contributed by atoms with van der Waals surface area (Å²) in [5, 5.41) is 16.9. The summed E-state index contributed by atoms with van der Waals surface area (Å²) in [6.07, 6.45) is -2.85. The van der Waals surface area contributed by atoms with Crippen molar-refractivity contribution in [3.05, 3.63) is 28.8 Å². The number of carbonyl (C=O) groups is 1. The van der Waals surface area contributed by atoms with Gasteiger partial charge in [0, 0.05) is 0 Å². The van der Waals surface area contributed by atoms with Crippen LogP contribution in [0.4, 0.5) is 13.2 Å². The first-order valence-electron chi connectivity index (χ1n) is 3.59. The summed E-state index contributed by atoms with van der Waals surface area (Å²) in [5.41, 5.74) is -3.19. The molecule has 1 heterocycles. The van der Waals surface area contributed by atoms with E-state index in [2.05, 4.69) is 4.98 Å². The molecule has 7 heteroatoms. The molecule has 4 nitrogen and oxygen atoms in total. The van der Waals surface area contributed by atoms with Crippen molar-refractivity contribution in [2.75, 3.05) is 0 Å². The van der Waals surface area contributed by atoms with E-state index in [0.29, 0.717) is 6.20 Å². The van der Waals surface area contributed by atoms with Crippen molar-refractivity contribution < 1.29 is 23.1 Å². The number of pyridine rings is 1. The molecule has 1 N–H and O–H groups in total. The molecular formula is C8H3F3N2O2. The molecule has 0 aromatic carbocycles. The Hall–Kier alpha value is -2.10. The minimum atomic E-state index is -3.27. The number of nitrogens with zero attached hydrogens (tertiary/aromatic N) is 2. The fourth-order valence-electron chi connectivity index (χ4n) is 0.999. The molecule has 0 bridgehead atoms. The van der Waals surface area contributed by atoms with Gasteiger partial charge < -0.3 is 5.11 Å². The lowest BCUT2D eigenvalue weighted by atomic mass is 10.1. The largest absolute Gasteiger partial charge is 0.476 e. The van der Waals surface area contributed by atoms with Crippen LogP contribution in [0.5, 0.6) is 0 Å². The standard InChI is InChI=1S/C8H3F3N2O2/c9-4-2-13-6(8(14)15)5(7(10)11)3(4)1-12/h2,7H,(H,14,15). The quantitative estimate of drug-likeness (QED) is 0.816. The summed E-state index contributed by atoms with van der Waals surface area (Å²) >= 11 is 0. The molecule has 1 aromatic rings. The van der Waals surface area contributed by atoms with Gasteiger partial charge in [0.2, 0.25) is 0 Å². The van der Waals surface area contributed by atoms with Crippen LogP contribution >= 0.6 is 0 Å². The molecule has 1 aromatic heterocycles. The molecule has 0 atom stereocenters.